The lowest BCUT2D eigenvalue weighted by molar-refractivity contribution is -0.141. The topological polar surface area (TPSA) is 83.5 Å². The Morgan fingerprint density at radius 2 is 1.88 bits per heavy atom. The van der Waals surface area contributed by atoms with Crippen LogP contribution in [0.15, 0.2) is 24.3 Å². The van der Waals surface area contributed by atoms with E-state index in [2.05, 4.69) is 0 Å². The lowest BCUT2D eigenvalue weighted by atomic mass is 10.0. The third-order valence-electron chi connectivity index (χ3n) is 2.08. The molecule has 0 aliphatic carbocycles. The lowest BCUT2D eigenvalue weighted by Gasteiger charge is -2.18. The molecule has 0 aliphatic heterocycles. The van der Waals surface area contributed by atoms with Crippen LogP contribution in [0.5, 0.6) is 5.75 Å². The van der Waals surface area contributed by atoms with Crippen LogP contribution in [0.2, 0.25) is 0 Å². The fraction of sp³-hybridized carbons (Fsp3) is 0.300. The van der Waals surface area contributed by atoms with Crippen molar-refractivity contribution >= 4 is 5.97 Å². The summed E-state index contributed by atoms with van der Waals surface area (Å²) in [7, 11) is 0. The molecule has 1 unspecified atom stereocenters. The Balaban J connectivity index is 2.84. The van der Waals surface area contributed by atoms with Crippen molar-refractivity contribution < 1.29 is 23.8 Å². The second-order valence-electron chi connectivity index (χ2n) is 3.40. The maximum atomic E-state index is 13.5. The van der Waals surface area contributed by atoms with Crippen molar-refractivity contribution in [3.63, 3.8) is 0 Å². The highest BCUT2D eigenvalue weighted by Gasteiger charge is 2.35. The SMILES string of the molecule is NC(CC(F)(F)c1ccc(O)cc1)C(=O)O. The van der Waals surface area contributed by atoms with Gasteiger partial charge in [-0.15, -0.1) is 0 Å². The van der Waals surface area contributed by atoms with E-state index in [-0.39, 0.29) is 11.3 Å². The Morgan fingerprint density at radius 3 is 2.31 bits per heavy atom. The second-order valence-corrected chi connectivity index (χ2v) is 3.40. The lowest BCUT2D eigenvalue weighted by Crippen LogP contribution is -2.35. The molecule has 1 aromatic carbocycles. The molecule has 4 nitrogen and oxygen atoms in total. The number of carboxylic acids is 1. The van der Waals surface area contributed by atoms with Gasteiger partial charge in [0.1, 0.15) is 11.8 Å². The van der Waals surface area contributed by atoms with Gasteiger partial charge in [0.2, 0.25) is 0 Å². The van der Waals surface area contributed by atoms with Crippen LogP contribution in [0.1, 0.15) is 12.0 Å². The van der Waals surface area contributed by atoms with E-state index in [1.54, 1.807) is 0 Å². The van der Waals surface area contributed by atoms with Gasteiger partial charge in [-0.2, -0.15) is 0 Å². The smallest absolute Gasteiger partial charge is 0.320 e. The second kappa shape index (κ2) is 4.44. The third-order valence-corrected chi connectivity index (χ3v) is 2.08. The van der Waals surface area contributed by atoms with Crippen molar-refractivity contribution in [2.24, 2.45) is 5.73 Å². The largest absolute Gasteiger partial charge is 0.508 e. The van der Waals surface area contributed by atoms with Gasteiger partial charge in [0.15, 0.2) is 0 Å². The van der Waals surface area contributed by atoms with Crippen LogP contribution >= 0.6 is 0 Å². The molecule has 0 heterocycles. The van der Waals surface area contributed by atoms with Crippen molar-refractivity contribution in [3.8, 4) is 5.75 Å². The van der Waals surface area contributed by atoms with E-state index in [9.17, 15) is 13.6 Å². The van der Waals surface area contributed by atoms with Gasteiger partial charge in [-0.3, -0.25) is 4.79 Å². The molecule has 1 atom stereocenters. The number of halogens is 2. The number of nitrogens with two attached hydrogens (primary N) is 1. The minimum absolute atomic E-state index is 0.137. The quantitative estimate of drug-likeness (QED) is 0.729. The van der Waals surface area contributed by atoms with Gasteiger partial charge in [-0.05, 0) is 24.3 Å². The van der Waals surface area contributed by atoms with Gasteiger partial charge in [0.25, 0.3) is 5.92 Å². The Morgan fingerprint density at radius 1 is 1.38 bits per heavy atom. The number of carbonyl (C=O) groups is 1. The molecule has 0 saturated carbocycles. The van der Waals surface area contributed by atoms with Crippen LogP contribution in [0.4, 0.5) is 8.78 Å². The molecule has 1 rings (SSSR count). The molecule has 0 spiro atoms. The summed E-state index contributed by atoms with van der Waals surface area (Å²) in [6.45, 7) is 0. The summed E-state index contributed by atoms with van der Waals surface area (Å²) in [6.07, 6.45) is -0.979. The molecule has 0 aliphatic rings. The summed E-state index contributed by atoms with van der Waals surface area (Å²) in [6, 6.07) is 2.66. The number of phenolic OH excluding ortho intramolecular Hbond substituents is 1. The molecular weight excluding hydrogens is 220 g/mol. The molecule has 0 saturated heterocycles. The number of benzene rings is 1. The summed E-state index contributed by atoms with van der Waals surface area (Å²) in [5.74, 6) is -4.94. The Labute approximate surface area is 90.3 Å². The molecule has 6 heteroatoms. The first kappa shape index (κ1) is 12.4. The number of carboxylic acid groups (broad SMARTS) is 1. The van der Waals surface area contributed by atoms with Crippen LogP contribution in [0, 0.1) is 0 Å². The van der Waals surface area contributed by atoms with Crippen molar-refractivity contribution in [3.05, 3.63) is 29.8 Å². The molecule has 1 aromatic rings. The van der Waals surface area contributed by atoms with Gasteiger partial charge < -0.3 is 15.9 Å². The van der Waals surface area contributed by atoms with Crippen LogP contribution in [-0.4, -0.2) is 22.2 Å². The molecule has 0 amide bonds. The maximum absolute atomic E-state index is 13.5. The van der Waals surface area contributed by atoms with Gasteiger partial charge in [-0.1, -0.05) is 0 Å². The average molecular weight is 231 g/mol. The number of rotatable bonds is 4. The zero-order valence-corrected chi connectivity index (χ0v) is 8.23. The fourth-order valence-corrected chi connectivity index (χ4v) is 1.19. The zero-order valence-electron chi connectivity index (χ0n) is 8.23. The highest BCUT2D eigenvalue weighted by molar-refractivity contribution is 5.73. The average Bonchev–Trinajstić information content (AvgIpc) is 2.17. The molecule has 0 aromatic heterocycles. The van der Waals surface area contributed by atoms with Gasteiger partial charge >= 0.3 is 5.97 Å². The highest BCUT2D eigenvalue weighted by atomic mass is 19.3. The summed E-state index contributed by atoms with van der Waals surface area (Å²) in [5.41, 5.74) is 4.67. The van der Waals surface area contributed by atoms with E-state index >= 15 is 0 Å². The standard InChI is InChI=1S/C10H11F2NO3/c11-10(12,5-8(13)9(15)16)6-1-3-7(14)4-2-6/h1-4,8,14H,5,13H2,(H,15,16). The van der Waals surface area contributed by atoms with Crippen molar-refractivity contribution in [2.75, 3.05) is 0 Å². The van der Waals surface area contributed by atoms with Gasteiger partial charge in [0.05, 0.1) is 0 Å². The van der Waals surface area contributed by atoms with E-state index in [1.807, 2.05) is 0 Å². The number of hydrogen-bond acceptors (Lipinski definition) is 3. The van der Waals surface area contributed by atoms with Crippen LogP contribution in [-0.2, 0) is 10.7 Å². The third kappa shape index (κ3) is 2.90. The summed E-state index contributed by atoms with van der Waals surface area (Å²) in [4.78, 5) is 10.4. The Bertz CT molecular complexity index is 378. The Hall–Kier alpha value is -1.69. The first-order valence-corrected chi connectivity index (χ1v) is 4.48. The Kier molecular flexibility index (Phi) is 3.44. The predicted octanol–water partition coefficient (Wildman–Crippen LogP) is 1.29. The molecule has 4 N–H and O–H groups in total. The fourth-order valence-electron chi connectivity index (χ4n) is 1.19. The molecule has 0 bridgehead atoms. The van der Waals surface area contributed by atoms with E-state index in [1.165, 1.54) is 0 Å². The molecule has 16 heavy (non-hydrogen) atoms. The van der Waals surface area contributed by atoms with Crippen molar-refractivity contribution in [1.29, 1.82) is 0 Å². The van der Waals surface area contributed by atoms with Crippen molar-refractivity contribution in [1.82, 2.24) is 0 Å². The highest BCUT2D eigenvalue weighted by Crippen LogP contribution is 2.33. The normalized spacial score (nSPS) is 13.4. The summed E-state index contributed by atoms with van der Waals surface area (Å²) >= 11 is 0. The van der Waals surface area contributed by atoms with E-state index in [0.29, 0.717) is 0 Å². The number of alkyl halides is 2. The first-order valence-electron chi connectivity index (χ1n) is 4.48. The summed E-state index contributed by atoms with van der Waals surface area (Å²) < 4.78 is 26.9. The molecule has 0 fully saturated rings. The van der Waals surface area contributed by atoms with Crippen LogP contribution in [0.3, 0.4) is 0 Å². The number of aromatic hydroxyl groups is 1. The van der Waals surface area contributed by atoms with E-state index in [0.717, 1.165) is 24.3 Å². The van der Waals surface area contributed by atoms with Gasteiger partial charge in [0, 0.05) is 12.0 Å². The number of phenols is 1. The first-order chi connectivity index (χ1) is 7.33. The molecule has 0 radical (unpaired) electrons. The summed E-state index contributed by atoms with van der Waals surface area (Å²) in [5, 5.41) is 17.4. The van der Waals surface area contributed by atoms with Crippen LogP contribution in [0.25, 0.3) is 0 Å². The predicted molar refractivity (Wildman–Crippen MR) is 52.2 cm³/mol. The zero-order chi connectivity index (χ0) is 12.3. The minimum atomic E-state index is -3.33. The van der Waals surface area contributed by atoms with E-state index in [4.69, 9.17) is 15.9 Å². The van der Waals surface area contributed by atoms with Crippen molar-refractivity contribution in [2.45, 2.75) is 18.4 Å². The number of aliphatic carboxylic acids is 1. The number of hydrogen-bond donors (Lipinski definition) is 3. The van der Waals surface area contributed by atoms with Gasteiger partial charge in [-0.25, -0.2) is 8.78 Å². The molecule has 88 valence electrons. The maximum Gasteiger partial charge on any atom is 0.320 e. The van der Waals surface area contributed by atoms with E-state index < -0.39 is 24.4 Å². The monoisotopic (exact) mass is 231 g/mol. The molecular formula is C10H11F2NO3. The minimum Gasteiger partial charge on any atom is -0.508 e. The van der Waals surface area contributed by atoms with Crippen LogP contribution < -0.4 is 5.73 Å².